The van der Waals surface area contributed by atoms with Crippen LogP contribution in [0.1, 0.15) is 36.3 Å². The Morgan fingerprint density at radius 3 is 2.48 bits per heavy atom. The highest BCUT2D eigenvalue weighted by Gasteiger charge is 2.15. The number of ether oxygens (including phenoxy) is 1. The second-order valence-electron chi connectivity index (χ2n) is 5.79. The van der Waals surface area contributed by atoms with Gasteiger partial charge in [-0.1, -0.05) is 38.1 Å². The monoisotopic (exact) mass is 389 g/mol. The maximum Gasteiger partial charge on any atom is 0.358 e. The molecule has 0 unspecified atom stereocenters. The van der Waals surface area contributed by atoms with Gasteiger partial charge in [0.1, 0.15) is 5.01 Å². The second-order valence-corrected chi connectivity index (χ2v) is 6.65. The molecule has 0 aliphatic rings. The summed E-state index contributed by atoms with van der Waals surface area (Å²) in [4.78, 5) is 39.4. The lowest BCUT2D eigenvalue weighted by Crippen LogP contribution is -2.38. The zero-order chi connectivity index (χ0) is 19.6. The van der Waals surface area contributed by atoms with Crippen molar-refractivity contribution < 1.29 is 19.1 Å². The summed E-state index contributed by atoms with van der Waals surface area (Å²) in [5, 5.41) is 7.34. The van der Waals surface area contributed by atoms with Crippen molar-refractivity contribution in [3.05, 3.63) is 40.9 Å². The Kier molecular flexibility index (Phi) is 7.94. The topological polar surface area (TPSA) is 97.4 Å². The smallest absolute Gasteiger partial charge is 0.358 e. The van der Waals surface area contributed by atoms with E-state index < -0.39 is 18.5 Å². The van der Waals surface area contributed by atoms with Crippen molar-refractivity contribution in [3.63, 3.8) is 0 Å². The Morgan fingerprint density at radius 2 is 1.81 bits per heavy atom. The van der Waals surface area contributed by atoms with Crippen LogP contribution in [0.4, 0.5) is 0 Å². The van der Waals surface area contributed by atoms with Gasteiger partial charge in [0.2, 0.25) is 5.91 Å². The molecule has 0 aliphatic heterocycles. The minimum atomic E-state index is -0.673. The van der Waals surface area contributed by atoms with Crippen molar-refractivity contribution in [2.45, 2.75) is 26.7 Å². The van der Waals surface area contributed by atoms with Crippen LogP contribution >= 0.6 is 11.3 Å². The third-order valence-corrected chi connectivity index (χ3v) is 4.57. The average Bonchev–Trinajstić information content (AvgIpc) is 3.19. The molecule has 0 aliphatic carbocycles. The molecule has 1 aromatic heterocycles. The maximum atomic E-state index is 12.0. The number of hydrogen-bond donors (Lipinski definition) is 2. The molecule has 2 rings (SSSR count). The Morgan fingerprint density at radius 1 is 1.07 bits per heavy atom. The van der Waals surface area contributed by atoms with Crippen LogP contribution in [-0.4, -0.2) is 42.5 Å². The molecule has 7 nitrogen and oxygen atoms in total. The normalized spacial score (nSPS) is 10.3. The van der Waals surface area contributed by atoms with Gasteiger partial charge in [0.05, 0.1) is 6.54 Å². The molecule has 1 heterocycles. The van der Waals surface area contributed by atoms with E-state index in [4.69, 9.17) is 4.74 Å². The zero-order valence-corrected chi connectivity index (χ0v) is 16.2. The molecule has 0 atom stereocenters. The lowest BCUT2D eigenvalue weighted by Gasteiger charge is -2.06. The number of esters is 1. The van der Waals surface area contributed by atoms with Crippen molar-refractivity contribution in [3.8, 4) is 10.6 Å². The van der Waals surface area contributed by atoms with E-state index in [0.717, 1.165) is 18.4 Å². The van der Waals surface area contributed by atoms with Crippen LogP contribution in [0.3, 0.4) is 0 Å². The van der Waals surface area contributed by atoms with Gasteiger partial charge in [0, 0.05) is 17.5 Å². The van der Waals surface area contributed by atoms with Crippen LogP contribution < -0.4 is 10.6 Å². The van der Waals surface area contributed by atoms with Gasteiger partial charge in [-0.25, -0.2) is 9.78 Å². The number of nitrogens with one attached hydrogen (secondary N) is 2. The molecule has 0 fully saturated rings. The third-order valence-electron chi connectivity index (χ3n) is 3.68. The van der Waals surface area contributed by atoms with E-state index in [2.05, 4.69) is 22.5 Å². The molecule has 0 saturated heterocycles. The molecule has 2 aromatic rings. The van der Waals surface area contributed by atoms with E-state index in [1.54, 1.807) is 5.38 Å². The molecular formula is C19H23N3O4S. The summed E-state index contributed by atoms with van der Waals surface area (Å²) in [6.07, 6.45) is 1.77. The summed E-state index contributed by atoms with van der Waals surface area (Å²) in [7, 11) is 0. The minimum Gasteiger partial charge on any atom is -0.451 e. The van der Waals surface area contributed by atoms with E-state index in [-0.39, 0.29) is 18.1 Å². The van der Waals surface area contributed by atoms with Gasteiger partial charge in [-0.15, -0.1) is 11.3 Å². The summed E-state index contributed by atoms with van der Waals surface area (Å²) in [5.74, 6) is -1.50. The van der Waals surface area contributed by atoms with E-state index >= 15 is 0 Å². The van der Waals surface area contributed by atoms with Crippen LogP contribution in [0, 0.1) is 0 Å². The van der Waals surface area contributed by atoms with Gasteiger partial charge < -0.3 is 15.4 Å². The fourth-order valence-corrected chi connectivity index (χ4v) is 2.94. The minimum absolute atomic E-state index is 0.148. The number of benzene rings is 1. The van der Waals surface area contributed by atoms with Crippen LogP contribution in [-0.2, 0) is 20.7 Å². The summed E-state index contributed by atoms with van der Waals surface area (Å²) in [6.45, 7) is 3.96. The highest BCUT2D eigenvalue weighted by molar-refractivity contribution is 7.13. The van der Waals surface area contributed by atoms with Crippen LogP contribution in [0.15, 0.2) is 29.6 Å². The highest BCUT2D eigenvalue weighted by Crippen LogP contribution is 2.24. The van der Waals surface area contributed by atoms with Gasteiger partial charge in [-0.05, 0) is 18.4 Å². The second kappa shape index (κ2) is 10.4. The number of aryl methyl sites for hydroxylation is 1. The first-order valence-electron chi connectivity index (χ1n) is 8.78. The largest absolute Gasteiger partial charge is 0.451 e. The Labute approximate surface area is 162 Å². The zero-order valence-electron chi connectivity index (χ0n) is 15.4. The predicted octanol–water partition coefficient (Wildman–Crippen LogP) is 2.17. The van der Waals surface area contributed by atoms with Crippen molar-refractivity contribution in [1.29, 1.82) is 0 Å². The number of carbonyl (C=O) groups excluding carboxylic acids is 3. The highest BCUT2D eigenvalue weighted by atomic mass is 32.1. The van der Waals surface area contributed by atoms with Gasteiger partial charge in [-0.2, -0.15) is 0 Å². The molecular weight excluding hydrogens is 366 g/mol. The molecule has 144 valence electrons. The molecule has 27 heavy (non-hydrogen) atoms. The molecule has 8 heteroatoms. The van der Waals surface area contributed by atoms with Crippen molar-refractivity contribution in [2.75, 3.05) is 19.7 Å². The number of aromatic nitrogens is 1. The molecule has 2 N–H and O–H groups in total. The van der Waals surface area contributed by atoms with Crippen molar-refractivity contribution in [1.82, 2.24) is 15.6 Å². The van der Waals surface area contributed by atoms with Crippen molar-refractivity contribution >= 4 is 29.1 Å². The fourth-order valence-electron chi connectivity index (χ4n) is 2.14. The van der Waals surface area contributed by atoms with Crippen molar-refractivity contribution in [2.24, 2.45) is 0 Å². The molecule has 0 spiro atoms. The van der Waals surface area contributed by atoms with Gasteiger partial charge in [-0.3, -0.25) is 9.59 Å². The Balaban J connectivity index is 1.81. The van der Waals surface area contributed by atoms with Crippen LogP contribution in [0.25, 0.3) is 10.6 Å². The summed E-state index contributed by atoms with van der Waals surface area (Å²) in [6, 6.07) is 7.97. The lowest BCUT2D eigenvalue weighted by molar-refractivity contribution is -0.127. The number of amides is 2. The SMILES string of the molecule is CCCNC(=O)CNC(=O)COC(=O)c1csc(-c2ccc(CC)cc2)n1. The predicted molar refractivity (Wildman–Crippen MR) is 104 cm³/mol. The van der Waals surface area contributed by atoms with Gasteiger partial charge in [0.15, 0.2) is 12.3 Å². The van der Waals surface area contributed by atoms with Crippen LogP contribution in [0.5, 0.6) is 0 Å². The van der Waals surface area contributed by atoms with E-state index in [1.807, 2.05) is 31.2 Å². The lowest BCUT2D eigenvalue weighted by atomic mass is 10.1. The molecule has 0 saturated carbocycles. The van der Waals surface area contributed by atoms with Gasteiger partial charge >= 0.3 is 5.97 Å². The Hall–Kier alpha value is -2.74. The molecule has 2 amide bonds. The summed E-state index contributed by atoms with van der Waals surface area (Å²) >= 11 is 1.34. The first-order valence-corrected chi connectivity index (χ1v) is 9.66. The van der Waals surface area contributed by atoms with E-state index in [0.29, 0.717) is 11.6 Å². The molecule has 0 radical (unpaired) electrons. The quantitative estimate of drug-likeness (QED) is 0.641. The van der Waals surface area contributed by atoms with E-state index in [1.165, 1.54) is 16.9 Å². The van der Waals surface area contributed by atoms with Gasteiger partial charge in [0.25, 0.3) is 5.91 Å². The first-order chi connectivity index (χ1) is 13.0. The number of hydrogen-bond acceptors (Lipinski definition) is 6. The number of rotatable bonds is 9. The maximum absolute atomic E-state index is 12.0. The molecule has 1 aromatic carbocycles. The number of thiazole rings is 1. The first kappa shape index (κ1) is 20.6. The summed E-state index contributed by atoms with van der Waals surface area (Å²) < 4.78 is 4.95. The standard InChI is InChI=1S/C19H23N3O4S/c1-3-9-20-16(23)10-21-17(24)11-26-19(25)15-12-27-18(22-15)14-7-5-13(4-2)6-8-14/h5-8,12H,3-4,9-11H2,1-2H3,(H,20,23)(H,21,24). The number of nitrogens with zero attached hydrogens (tertiary/aromatic N) is 1. The fraction of sp³-hybridized carbons (Fsp3) is 0.368. The Bertz CT molecular complexity index is 787. The number of carbonyl (C=O) groups is 3. The summed E-state index contributed by atoms with van der Waals surface area (Å²) in [5.41, 5.74) is 2.31. The van der Waals surface area contributed by atoms with Crippen LogP contribution in [0.2, 0.25) is 0 Å². The molecule has 0 bridgehead atoms. The van der Waals surface area contributed by atoms with E-state index in [9.17, 15) is 14.4 Å². The third kappa shape index (κ3) is 6.49. The average molecular weight is 389 g/mol.